The average molecular weight is 724 g/mol. The molecule has 2 fully saturated rings. The van der Waals surface area contributed by atoms with Crippen LogP contribution in [-0.4, -0.2) is 118 Å². The molecule has 0 aliphatic carbocycles. The highest BCUT2D eigenvalue weighted by molar-refractivity contribution is 8.07. The van der Waals surface area contributed by atoms with E-state index >= 15 is 0 Å². The molecule has 2 heterocycles. The molecule has 0 bridgehead atoms. The van der Waals surface area contributed by atoms with Gasteiger partial charge in [0.15, 0.2) is 6.29 Å². The first-order valence-electron chi connectivity index (χ1n) is 16.1. The minimum atomic E-state index is -3.64. The first-order valence-corrected chi connectivity index (χ1v) is 18.7. The molecule has 3 rings (SSSR count). The first kappa shape index (κ1) is 40.6. The van der Waals surface area contributed by atoms with Gasteiger partial charge in [0.25, 0.3) is 0 Å². The molecule has 15 nitrogen and oxygen atoms in total. The number of aliphatic hydroxyl groups excluding tert-OH is 4. The highest BCUT2D eigenvalue weighted by Gasteiger charge is 2.44. The number of unbranched alkanes of at least 4 members (excludes halogenated alkanes) is 1. The predicted molar refractivity (Wildman–Crippen MR) is 174 cm³/mol. The van der Waals surface area contributed by atoms with E-state index < -0.39 is 68.0 Å². The molecule has 1 aromatic carbocycles. The van der Waals surface area contributed by atoms with Crippen molar-refractivity contribution in [3.8, 4) is 0 Å². The van der Waals surface area contributed by atoms with Crippen LogP contribution < -0.4 is 5.32 Å². The van der Waals surface area contributed by atoms with Gasteiger partial charge in [-0.2, -0.15) is 0 Å². The minimum absolute atomic E-state index is 0.0479. The second kappa shape index (κ2) is 19.6. The van der Waals surface area contributed by atoms with E-state index in [2.05, 4.69) is 5.32 Å². The van der Waals surface area contributed by atoms with Crippen LogP contribution in [0.4, 0.5) is 4.79 Å². The Morgan fingerprint density at radius 1 is 1.00 bits per heavy atom. The zero-order valence-electron chi connectivity index (χ0n) is 27.5. The van der Waals surface area contributed by atoms with E-state index in [1.54, 1.807) is 20.8 Å². The summed E-state index contributed by atoms with van der Waals surface area (Å²) in [6, 6.07) is 9.16. The predicted octanol–water partition coefficient (Wildman–Crippen LogP) is 1.80. The molecule has 274 valence electrons. The van der Waals surface area contributed by atoms with E-state index in [-0.39, 0.29) is 38.3 Å². The van der Waals surface area contributed by atoms with Crippen LogP contribution in [0.25, 0.3) is 0 Å². The maximum absolute atomic E-state index is 12.3. The van der Waals surface area contributed by atoms with Crippen LogP contribution in [0.2, 0.25) is 0 Å². The van der Waals surface area contributed by atoms with Crippen molar-refractivity contribution in [3.05, 3.63) is 35.9 Å². The topological polar surface area (TPSA) is 212 Å². The van der Waals surface area contributed by atoms with Gasteiger partial charge in [-0.15, -0.1) is 0 Å². The Morgan fingerprint density at radius 2 is 1.73 bits per heavy atom. The van der Waals surface area contributed by atoms with Crippen molar-refractivity contribution in [3.63, 3.8) is 0 Å². The Kier molecular flexibility index (Phi) is 16.6. The molecule has 2 unspecified atom stereocenters. The second-order valence-corrected chi connectivity index (χ2v) is 15.4. The van der Waals surface area contributed by atoms with E-state index in [9.17, 15) is 34.9 Å². The largest absolute Gasteiger partial charge is 0.508 e. The Balaban J connectivity index is 1.37. The Bertz CT molecular complexity index is 1170. The fourth-order valence-electron chi connectivity index (χ4n) is 5.13. The summed E-state index contributed by atoms with van der Waals surface area (Å²) in [6.07, 6.45) is -6.60. The molecule has 2 aliphatic rings. The van der Waals surface area contributed by atoms with E-state index in [0.29, 0.717) is 38.6 Å². The smallest absolute Gasteiger partial charge is 0.431 e. The van der Waals surface area contributed by atoms with Crippen molar-refractivity contribution in [2.45, 2.75) is 121 Å². The Hall–Kier alpha value is -1.79. The normalized spacial score (nSPS) is 28.8. The van der Waals surface area contributed by atoms with E-state index in [1.807, 2.05) is 30.3 Å². The molecule has 1 amide bonds. The summed E-state index contributed by atoms with van der Waals surface area (Å²) in [4.78, 5) is 35.2. The zero-order valence-corrected chi connectivity index (χ0v) is 29.3. The number of nitrogens with one attached hydrogen (secondary N) is 1. The SMILES string of the molecule is CC(C)(C)OP(O)(=S)OC1C[C@H](CCCNC(=O)CCCCO[C@H]2O[C@H](CO)[C@@H](O)[C@H](O)[C@@H]2O)O[C@@H]1COC(=O)OCc1ccccc1. The van der Waals surface area contributed by atoms with Crippen LogP contribution in [0, 0.1) is 0 Å². The number of hydrogen-bond acceptors (Lipinski definition) is 14. The lowest BCUT2D eigenvalue weighted by molar-refractivity contribution is -0.301. The molecule has 6 N–H and O–H groups in total. The summed E-state index contributed by atoms with van der Waals surface area (Å²) in [6.45, 7) is 1.45. The standard InChI is InChI=1S/C31H50NO14PS/c1-31(2,3)46-47(39,48)45-22-16-21(43-24(22)19-42-30(38)41-18-20-10-5-4-6-11-20)12-9-14-32-25(34)13-7-8-15-40-29-28(37)27(36)26(35)23(17-33)44-29/h4-6,10-11,21-24,26-29,33,35-37H,7-9,12-19H2,1-3H3,(H,32,34)(H,39,48)/t21-,22?,23+,24+,26+,27-,28-,29-,47?/m0/s1. The van der Waals surface area contributed by atoms with E-state index in [4.69, 9.17) is 44.5 Å². The monoisotopic (exact) mass is 723 g/mol. The molecule has 0 saturated carbocycles. The minimum Gasteiger partial charge on any atom is -0.431 e. The van der Waals surface area contributed by atoms with Crippen molar-refractivity contribution in [2.75, 3.05) is 26.4 Å². The molecular formula is C31H50NO14PS. The van der Waals surface area contributed by atoms with Crippen LogP contribution in [0.3, 0.4) is 0 Å². The summed E-state index contributed by atoms with van der Waals surface area (Å²) >= 11 is 5.23. The van der Waals surface area contributed by atoms with Gasteiger partial charge in [-0.05, 0) is 63.8 Å². The van der Waals surface area contributed by atoms with Gasteiger partial charge >= 0.3 is 12.9 Å². The van der Waals surface area contributed by atoms with Gasteiger partial charge in [-0.3, -0.25) is 4.79 Å². The number of benzene rings is 1. The van der Waals surface area contributed by atoms with Gasteiger partial charge < -0.3 is 63.4 Å². The molecule has 1 aromatic rings. The van der Waals surface area contributed by atoms with Crippen molar-refractivity contribution in [2.24, 2.45) is 0 Å². The van der Waals surface area contributed by atoms with Crippen LogP contribution in [-0.2, 0) is 55.9 Å². The first-order chi connectivity index (χ1) is 22.7. The quantitative estimate of drug-likeness (QED) is 0.0724. The molecule has 0 aromatic heterocycles. The van der Waals surface area contributed by atoms with Gasteiger partial charge in [0.2, 0.25) is 5.91 Å². The lowest BCUT2D eigenvalue weighted by Crippen LogP contribution is -2.59. The lowest BCUT2D eigenvalue weighted by Gasteiger charge is -2.39. The van der Waals surface area contributed by atoms with Crippen molar-refractivity contribution < 1.29 is 67.6 Å². The highest BCUT2D eigenvalue weighted by Crippen LogP contribution is 2.50. The number of rotatable bonds is 18. The molecule has 9 atom stereocenters. The molecule has 48 heavy (non-hydrogen) atoms. The molecule has 0 radical (unpaired) electrons. The van der Waals surface area contributed by atoms with Gasteiger partial charge in [0, 0.05) is 26.0 Å². The Morgan fingerprint density at radius 3 is 2.42 bits per heavy atom. The van der Waals surface area contributed by atoms with Gasteiger partial charge in [-0.25, -0.2) is 4.79 Å². The number of carbonyl (C=O) groups is 2. The summed E-state index contributed by atoms with van der Waals surface area (Å²) in [5, 5.41) is 41.8. The fraction of sp³-hybridized carbons (Fsp3) is 0.742. The van der Waals surface area contributed by atoms with Crippen LogP contribution in [0.1, 0.15) is 64.9 Å². The number of hydrogen-bond donors (Lipinski definition) is 6. The van der Waals surface area contributed by atoms with Crippen LogP contribution >= 0.6 is 6.72 Å². The fourth-order valence-corrected chi connectivity index (χ4v) is 7.43. The van der Waals surface area contributed by atoms with Gasteiger partial charge in [0.05, 0.1) is 24.4 Å². The second-order valence-electron chi connectivity index (χ2n) is 12.7. The molecule has 0 spiro atoms. The molecule has 2 saturated heterocycles. The molecule has 17 heteroatoms. The number of ether oxygens (including phenoxy) is 5. The van der Waals surface area contributed by atoms with E-state index in [1.165, 1.54) is 0 Å². The third-order valence-electron chi connectivity index (χ3n) is 7.45. The summed E-state index contributed by atoms with van der Waals surface area (Å²) in [5.41, 5.74) is 0.0624. The molecular weight excluding hydrogens is 673 g/mol. The van der Waals surface area contributed by atoms with E-state index in [0.717, 1.165) is 5.56 Å². The number of aliphatic hydroxyl groups is 4. The van der Waals surface area contributed by atoms with Gasteiger partial charge in [-0.1, -0.05) is 30.3 Å². The summed E-state index contributed by atoms with van der Waals surface area (Å²) < 4.78 is 38.7. The van der Waals surface area contributed by atoms with Crippen LogP contribution in [0.5, 0.6) is 0 Å². The number of amides is 1. The summed E-state index contributed by atoms with van der Waals surface area (Å²) in [5.74, 6) is -0.156. The van der Waals surface area contributed by atoms with Crippen LogP contribution in [0.15, 0.2) is 30.3 Å². The number of carbonyl (C=O) groups excluding carboxylic acids is 2. The van der Waals surface area contributed by atoms with Crippen molar-refractivity contribution in [1.82, 2.24) is 5.32 Å². The lowest BCUT2D eigenvalue weighted by atomic mass is 9.99. The third kappa shape index (κ3) is 14.2. The Labute approximate surface area is 286 Å². The average Bonchev–Trinajstić information content (AvgIpc) is 3.40. The zero-order chi connectivity index (χ0) is 35.3. The summed E-state index contributed by atoms with van der Waals surface area (Å²) in [7, 11) is 0. The maximum atomic E-state index is 12.3. The van der Waals surface area contributed by atoms with Crippen molar-refractivity contribution in [1.29, 1.82) is 0 Å². The molecule has 2 aliphatic heterocycles. The van der Waals surface area contributed by atoms with Crippen molar-refractivity contribution >= 4 is 30.6 Å². The maximum Gasteiger partial charge on any atom is 0.508 e. The third-order valence-corrected chi connectivity index (χ3v) is 9.25. The van der Waals surface area contributed by atoms with Gasteiger partial charge in [0.1, 0.15) is 43.7 Å². The highest BCUT2D eigenvalue weighted by atomic mass is 32.5.